The average Bonchev–Trinajstić information content (AvgIpc) is 3.10. The molecular formula is C18H21F2N3O2. The molecule has 0 amide bonds. The van der Waals surface area contributed by atoms with Gasteiger partial charge in [0.05, 0.1) is 12.8 Å². The molecule has 7 heteroatoms. The highest BCUT2D eigenvalue weighted by Crippen LogP contribution is 2.17. The van der Waals surface area contributed by atoms with Gasteiger partial charge >= 0.3 is 0 Å². The van der Waals surface area contributed by atoms with Crippen molar-refractivity contribution in [1.29, 1.82) is 0 Å². The Morgan fingerprint density at radius 3 is 2.88 bits per heavy atom. The number of halogens is 2. The van der Waals surface area contributed by atoms with Crippen LogP contribution in [0.2, 0.25) is 0 Å². The van der Waals surface area contributed by atoms with Crippen LogP contribution >= 0.6 is 0 Å². The lowest BCUT2D eigenvalue weighted by molar-refractivity contribution is 0.304. The number of aliphatic imine (C=N–C) groups is 1. The molecule has 1 aromatic heterocycles. The van der Waals surface area contributed by atoms with E-state index in [-0.39, 0.29) is 12.4 Å². The molecule has 25 heavy (non-hydrogen) atoms. The Hall–Kier alpha value is -2.83. The first-order valence-electron chi connectivity index (χ1n) is 7.92. The summed E-state index contributed by atoms with van der Waals surface area (Å²) in [5.74, 6) is 0.106. The second-order valence-electron chi connectivity index (χ2n) is 5.08. The Morgan fingerprint density at radius 1 is 1.28 bits per heavy atom. The molecule has 0 aliphatic heterocycles. The normalized spacial score (nSPS) is 11.2. The monoisotopic (exact) mass is 349 g/mol. The molecule has 2 aromatic rings. The van der Waals surface area contributed by atoms with Crippen molar-refractivity contribution in [1.82, 2.24) is 10.6 Å². The molecule has 0 saturated carbocycles. The molecule has 0 aliphatic rings. The Bertz CT molecular complexity index is 688. The van der Waals surface area contributed by atoms with Gasteiger partial charge in [-0.3, -0.25) is 4.99 Å². The van der Waals surface area contributed by atoms with Gasteiger partial charge in [-0.05, 0) is 24.3 Å². The van der Waals surface area contributed by atoms with Gasteiger partial charge in [0, 0.05) is 25.6 Å². The van der Waals surface area contributed by atoms with Gasteiger partial charge in [0.2, 0.25) is 0 Å². The zero-order valence-electron chi connectivity index (χ0n) is 13.8. The number of ether oxygens (including phenoxy) is 1. The maximum atomic E-state index is 13.5. The van der Waals surface area contributed by atoms with Gasteiger partial charge in [-0.2, -0.15) is 0 Å². The lowest BCUT2D eigenvalue weighted by atomic mass is 10.3. The largest absolute Gasteiger partial charge is 0.489 e. The lowest BCUT2D eigenvalue weighted by Gasteiger charge is -2.12. The molecule has 0 saturated heterocycles. The van der Waals surface area contributed by atoms with E-state index in [9.17, 15) is 8.78 Å². The second kappa shape index (κ2) is 10.1. The highest BCUT2D eigenvalue weighted by molar-refractivity contribution is 5.79. The first-order valence-corrected chi connectivity index (χ1v) is 7.92. The van der Waals surface area contributed by atoms with Gasteiger partial charge in [0.25, 0.3) is 0 Å². The Labute approximate surface area is 145 Å². The molecule has 1 aromatic carbocycles. The van der Waals surface area contributed by atoms with Gasteiger partial charge < -0.3 is 19.8 Å². The molecule has 5 nitrogen and oxygen atoms in total. The van der Waals surface area contributed by atoms with Crippen LogP contribution in [0.25, 0.3) is 0 Å². The van der Waals surface area contributed by atoms with Crippen molar-refractivity contribution >= 4 is 5.96 Å². The summed E-state index contributed by atoms with van der Waals surface area (Å²) >= 11 is 0. The first-order chi connectivity index (χ1) is 12.2. The minimum Gasteiger partial charge on any atom is -0.489 e. The van der Waals surface area contributed by atoms with Crippen molar-refractivity contribution in [2.24, 2.45) is 4.99 Å². The van der Waals surface area contributed by atoms with Crippen LogP contribution in [-0.2, 0) is 6.42 Å². The Kier molecular flexibility index (Phi) is 7.49. The van der Waals surface area contributed by atoms with Crippen LogP contribution in [-0.4, -0.2) is 32.2 Å². The number of furan rings is 1. The maximum Gasteiger partial charge on any atom is 0.191 e. The molecule has 0 radical (unpaired) electrons. The lowest BCUT2D eigenvalue weighted by Crippen LogP contribution is -2.39. The molecule has 0 unspecified atom stereocenters. The number of benzene rings is 1. The van der Waals surface area contributed by atoms with Gasteiger partial charge in [0.1, 0.15) is 18.2 Å². The van der Waals surface area contributed by atoms with Gasteiger partial charge in [-0.1, -0.05) is 6.08 Å². The van der Waals surface area contributed by atoms with E-state index in [4.69, 9.17) is 9.15 Å². The van der Waals surface area contributed by atoms with E-state index >= 15 is 0 Å². The minimum absolute atomic E-state index is 0.0126. The summed E-state index contributed by atoms with van der Waals surface area (Å²) in [6.07, 6.45) is 4.03. The molecule has 2 N–H and O–H groups in total. The third kappa shape index (κ3) is 6.66. The van der Waals surface area contributed by atoms with Crippen molar-refractivity contribution in [2.75, 3.05) is 26.2 Å². The third-order valence-electron chi connectivity index (χ3n) is 3.17. The number of hydrogen-bond donors (Lipinski definition) is 2. The molecule has 0 fully saturated rings. The van der Waals surface area contributed by atoms with Crippen LogP contribution in [0.15, 0.2) is 58.7 Å². The zero-order valence-corrected chi connectivity index (χ0v) is 13.8. The fourth-order valence-electron chi connectivity index (χ4n) is 2.00. The Balaban J connectivity index is 1.77. The highest BCUT2D eigenvalue weighted by Gasteiger charge is 2.05. The van der Waals surface area contributed by atoms with Crippen LogP contribution in [0.4, 0.5) is 8.78 Å². The number of rotatable bonds is 9. The molecule has 0 atom stereocenters. The predicted octanol–water partition coefficient (Wildman–Crippen LogP) is 2.90. The quantitative estimate of drug-likeness (QED) is 0.316. The summed E-state index contributed by atoms with van der Waals surface area (Å²) in [5, 5.41) is 6.15. The first kappa shape index (κ1) is 18.5. The minimum atomic E-state index is -0.725. The van der Waals surface area contributed by atoms with Gasteiger partial charge in [-0.15, -0.1) is 6.58 Å². The SMILES string of the molecule is C=CCNC(=NCCc1ccco1)NCCOc1ccc(F)cc1F. The smallest absolute Gasteiger partial charge is 0.191 e. The van der Waals surface area contributed by atoms with E-state index in [1.165, 1.54) is 6.07 Å². The van der Waals surface area contributed by atoms with Crippen LogP contribution in [0, 0.1) is 11.6 Å². The van der Waals surface area contributed by atoms with Crippen molar-refractivity contribution in [3.63, 3.8) is 0 Å². The molecule has 0 spiro atoms. The van der Waals surface area contributed by atoms with E-state index in [1.807, 2.05) is 12.1 Å². The summed E-state index contributed by atoms with van der Waals surface area (Å²) in [4.78, 5) is 4.42. The number of guanidine groups is 1. The van der Waals surface area contributed by atoms with Crippen LogP contribution in [0.5, 0.6) is 5.75 Å². The van der Waals surface area contributed by atoms with E-state index < -0.39 is 11.6 Å². The average molecular weight is 349 g/mol. The topological polar surface area (TPSA) is 58.8 Å². The third-order valence-corrected chi connectivity index (χ3v) is 3.17. The number of hydrogen-bond acceptors (Lipinski definition) is 3. The molecule has 2 rings (SSSR count). The second-order valence-corrected chi connectivity index (χ2v) is 5.08. The summed E-state index contributed by atoms with van der Waals surface area (Å²) in [6.45, 7) is 5.36. The van der Waals surface area contributed by atoms with E-state index in [1.54, 1.807) is 12.3 Å². The maximum absolute atomic E-state index is 13.5. The number of nitrogens with zero attached hydrogens (tertiary/aromatic N) is 1. The Morgan fingerprint density at radius 2 is 2.16 bits per heavy atom. The predicted molar refractivity (Wildman–Crippen MR) is 92.8 cm³/mol. The molecule has 0 bridgehead atoms. The summed E-state index contributed by atoms with van der Waals surface area (Å²) in [5.41, 5.74) is 0. The molecule has 1 heterocycles. The van der Waals surface area contributed by atoms with E-state index in [0.29, 0.717) is 32.0 Å². The van der Waals surface area contributed by atoms with Crippen molar-refractivity contribution in [3.05, 3.63) is 66.6 Å². The van der Waals surface area contributed by atoms with Crippen LogP contribution < -0.4 is 15.4 Å². The standard InChI is InChI=1S/C18H21F2N3O2/c1-2-8-21-18(22-9-7-15-4-3-11-24-15)23-10-12-25-17-6-5-14(19)13-16(17)20/h2-6,11,13H,1,7-10,12H2,(H2,21,22,23). The fourth-order valence-corrected chi connectivity index (χ4v) is 2.00. The van der Waals surface area contributed by atoms with Crippen molar-refractivity contribution in [2.45, 2.75) is 6.42 Å². The van der Waals surface area contributed by atoms with E-state index in [2.05, 4.69) is 22.2 Å². The van der Waals surface area contributed by atoms with Gasteiger partial charge in [-0.25, -0.2) is 8.78 Å². The van der Waals surface area contributed by atoms with E-state index in [0.717, 1.165) is 17.9 Å². The summed E-state index contributed by atoms with van der Waals surface area (Å²) in [6, 6.07) is 6.93. The molecule has 0 aliphatic carbocycles. The zero-order chi connectivity index (χ0) is 17.9. The summed E-state index contributed by atoms with van der Waals surface area (Å²) in [7, 11) is 0. The summed E-state index contributed by atoms with van der Waals surface area (Å²) < 4.78 is 36.8. The molecule has 134 valence electrons. The van der Waals surface area contributed by atoms with Gasteiger partial charge in [0.15, 0.2) is 17.5 Å². The number of nitrogens with one attached hydrogen (secondary N) is 2. The van der Waals surface area contributed by atoms with Crippen LogP contribution in [0.3, 0.4) is 0 Å². The highest BCUT2D eigenvalue weighted by atomic mass is 19.1. The van der Waals surface area contributed by atoms with Crippen molar-refractivity contribution in [3.8, 4) is 5.75 Å². The van der Waals surface area contributed by atoms with Crippen LogP contribution in [0.1, 0.15) is 5.76 Å². The molecular weight excluding hydrogens is 328 g/mol. The van der Waals surface area contributed by atoms with Crippen molar-refractivity contribution < 1.29 is 17.9 Å². The fraction of sp³-hybridized carbons (Fsp3) is 0.278.